The first-order valence-electron chi connectivity index (χ1n) is 10.5. The standard InChI is InChI=1S/C25H24ClF4N3O/c1-16(2)33(3)23(34)32-24(14-17-7-5-4-6-8-17,22-10-9-20(26)15-31-22)18-11-19(25(28,29)30)13-21(27)12-18/h4-13,15-16H,14H2,1-3H3,(H,32,34)/t24-/m0/s1. The number of carbonyl (C=O) groups is 1. The lowest BCUT2D eigenvalue weighted by Crippen LogP contribution is -2.54. The summed E-state index contributed by atoms with van der Waals surface area (Å²) in [4.78, 5) is 19.0. The molecule has 1 heterocycles. The smallest absolute Gasteiger partial charge is 0.325 e. The van der Waals surface area contributed by atoms with E-state index in [-0.39, 0.29) is 23.7 Å². The normalized spacial score (nSPS) is 13.4. The molecule has 1 N–H and O–H groups in total. The quantitative estimate of drug-likeness (QED) is 0.402. The zero-order valence-corrected chi connectivity index (χ0v) is 19.6. The summed E-state index contributed by atoms with van der Waals surface area (Å²) in [7, 11) is 1.56. The summed E-state index contributed by atoms with van der Waals surface area (Å²) in [6.07, 6.45) is -3.44. The number of benzene rings is 2. The Hall–Kier alpha value is -3.13. The average Bonchev–Trinajstić information content (AvgIpc) is 2.78. The van der Waals surface area contributed by atoms with Crippen LogP contribution in [-0.4, -0.2) is 29.0 Å². The van der Waals surface area contributed by atoms with E-state index in [9.17, 15) is 22.4 Å². The number of alkyl halides is 3. The van der Waals surface area contributed by atoms with Crippen LogP contribution in [0, 0.1) is 5.82 Å². The molecular formula is C25H24ClF4N3O. The van der Waals surface area contributed by atoms with E-state index >= 15 is 0 Å². The molecule has 0 fully saturated rings. The van der Waals surface area contributed by atoms with Crippen LogP contribution < -0.4 is 5.32 Å². The number of urea groups is 1. The first-order chi connectivity index (χ1) is 15.9. The van der Waals surface area contributed by atoms with E-state index in [0.29, 0.717) is 16.7 Å². The number of halogens is 5. The molecule has 1 aromatic heterocycles. The number of rotatable bonds is 6. The molecule has 0 aliphatic rings. The van der Waals surface area contributed by atoms with E-state index in [1.165, 1.54) is 23.2 Å². The molecule has 4 nitrogen and oxygen atoms in total. The van der Waals surface area contributed by atoms with Gasteiger partial charge in [-0.15, -0.1) is 0 Å². The van der Waals surface area contributed by atoms with Gasteiger partial charge in [0.15, 0.2) is 0 Å². The van der Waals surface area contributed by atoms with Crippen LogP contribution in [0.4, 0.5) is 22.4 Å². The van der Waals surface area contributed by atoms with Crippen molar-refractivity contribution >= 4 is 17.6 Å². The number of nitrogens with zero attached hydrogens (tertiary/aromatic N) is 2. The molecule has 0 unspecified atom stereocenters. The number of aromatic nitrogens is 1. The topological polar surface area (TPSA) is 45.2 Å². The molecule has 1 atom stereocenters. The molecule has 3 rings (SSSR count). The maximum absolute atomic E-state index is 14.6. The molecule has 180 valence electrons. The van der Waals surface area contributed by atoms with E-state index in [1.807, 2.05) is 0 Å². The molecule has 0 bridgehead atoms. The van der Waals surface area contributed by atoms with Crippen molar-refractivity contribution in [2.75, 3.05) is 7.05 Å². The highest BCUT2D eigenvalue weighted by Crippen LogP contribution is 2.38. The highest BCUT2D eigenvalue weighted by atomic mass is 35.5. The van der Waals surface area contributed by atoms with Gasteiger partial charge in [-0.3, -0.25) is 4.98 Å². The zero-order chi connectivity index (χ0) is 25.1. The Morgan fingerprint density at radius 1 is 1.06 bits per heavy atom. The van der Waals surface area contributed by atoms with Gasteiger partial charge in [-0.05, 0) is 55.3 Å². The van der Waals surface area contributed by atoms with Crippen molar-refractivity contribution in [2.24, 2.45) is 0 Å². The second-order valence-corrected chi connectivity index (χ2v) is 8.73. The summed E-state index contributed by atoms with van der Waals surface area (Å²) in [6.45, 7) is 3.59. The van der Waals surface area contributed by atoms with Gasteiger partial charge < -0.3 is 10.2 Å². The summed E-state index contributed by atoms with van der Waals surface area (Å²) in [6, 6.07) is 13.4. The minimum Gasteiger partial charge on any atom is -0.325 e. The van der Waals surface area contributed by atoms with E-state index in [1.54, 1.807) is 51.2 Å². The maximum Gasteiger partial charge on any atom is 0.416 e. The Balaban J connectivity index is 2.32. The van der Waals surface area contributed by atoms with Crippen molar-refractivity contribution in [2.45, 2.75) is 38.0 Å². The van der Waals surface area contributed by atoms with E-state index in [0.717, 1.165) is 12.1 Å². The highest BCUT2D eigenvalue weighted by Gasteiger charge is 2.41. The summed E-state index contributed by atoms with van der Waals surface area (Å²) in [5.74, 6) is -1.08. The SMILES string of the molecule is CC(C)N(C)C(=O)N[C@@](Cc1ccccc1)(c1cc(F)cc(C(F)(F)F)c1)c1ccc(Cl)cn1. The average molecular weight is 494 g/mol. The Morgan fingerprint density at radius 2 is 1.71 bits per heavy atom. The summed E-state index contributed by atoms with van der Waals surface area (Å²) < 4.78 is 55.4. The largest absolute Gasteiger partial charge is 0.416 e. The van der Waals surface area contributed by atoms with Crippen molar-refractivity contribution in [1.82, 2.24) is 15.2 Å². The zero-order valence-electron chi connectivity index (χ0n) is 18.8. The lowest BCUT2D eigenvalue weighted by Gasteiger charge is -2.38. The third-order valence-corrected chi connectivity index (χ3v) is 5.83. The molecule has 34 heavy (non-hydrogen) atoms. The highest BCUT2D eigenvalue weighted by molar-refractivity contribution is 6.30. The van der Waals surface area contributed by atoms with Crippen LogP contribution >= 0.6 is 11.6 Å². The predicted molar refractivity (Wildman–Crippen MR) is 123 cm³/mol. The van der Waals surface area contributed by atoms with Crippen molar-refractivity contribution in [3.8, 4) is 0 Å². The van der Waals surface area contributed by atoms with E-state index < -0.39 is 29.1 Å². The monoisotopic (exact) mass is 493 g/mol. The Bertz CT molecular complexity index is 1140. The van der Waals surface area contributed by atoms with E-state index in [2.05, 4.69) is 10.3 Å². The third-order valence-electron chi connectivity index (χ3n) is 5.61. The van der Waals surface area contributed by atoms with Gasteiger partial charge in [0.2, 0.25) is 0 Å². The van der Waals surface area contributed by atoms with Gasteiger partial charge in [0, 0.05) is 25.7 Å². The molecule has 0 aliphatic carbocycles. The molecule has 0 saturated heterocycles. The molecule has 2 aromatic carbocycles. The van der Waals surface area contributed by atoms with Crippen LogP contribution in [0.25, 0.3) is 0 Å². The minimum absolute atomic E-state index is 0.0148. The predicted octanol–water partition coefficient (Wildman–Crippen LogP) is 6.43. The van der Waals surface area contributed by atoms with Gasteiger partial charge in [0.1, 0.15) is 11.4 Å². The number of amides is 2. The maximum atomic E-state index is 14.6. The number of pyridine rings is 1. The molecule has 0 saturated carbocycles. The van der Waals surface area contributed by atoms with Crippen molar-refractivity contribution in [3.05, 3.63) is 100 Å². The lowest BCUT2D eigenvalue weighted by atomic mass is 9.79. The molecule has 0 aliphatic heterocycles. The first-order valence-corrected chi connectivity index (χ1v) is 10.9. The molecule has 2 amide bonds. The van der Waals surface area contributed by atoms with Gasteiger partial charge in [-0.1, -0.05) is 41.9 Å². The van der Waals surface area contributed by atoms with Gasteiger partial charge in [0.05, 0.1) is 16.3 Å². The Labute approximate surface area is 200 Å². The fraction of sp³-hybridized carbons (Fsp3) is 0.280. The Morgan fingerprint density at radius 3 is 2.26 bits per heavy atom. The van der Waals surface area contributed by atoms with Crippen LogP contribution in [0.5, 0.6) is 0 Å². The molecule has 0 radical (unpaired) electrons. The van der Waals surface area contributed by atoms with Crippen LogP contribution in [-0.2, 0) is 18.1 Å². The first kappa shape index (κ1) is 25.5. The molecule has 9 heteroatoms. The second-order valence-electron chi connectivity index (χ2n) is 8.29. The van der Waals surface area contributed by atoms with Gasteiger partial charge in [-0.25, -0.2) is 9.18 Å². The third kappa shape index (κ3) is 5.67. The Kier molecular flexibility index (Phi) is 7.51. The number of hydrogen-bond donors (Lipinski definition) is 1. The van der Waals surface area contributed by atoms with Gasteiger partial charge in [0.25, 0.3) is 0 Å². The van der Waals surface area contributed by atoms with Crippen molar-refractivity contribution in [3.63, 3.8) is 0 Å². The summed E-state index contributed by atoms with van der Waals surface area (Å²) in [5.41, 5.74) is -1.98. The number of hydrogen-bond acceptors (Lipinski definition) is 2. The minimum atomic E-state index is -4.79. The molecule has 0 spiro atoms. The van der Waals surface area contributed by atoms with Crippen molar-refractivity contribution < 1.29 is 22.4 Å². The molecule has 3 aromatic rings. The summed E-state index contributed by atoms with van der Waals surface area (Å²) >= 11 is 6.01. The van der Waals surface area contributed by atoms with Gasteiger partial charge >= 0.3 is 12.2 Å². The van der Waals surface area contributed by atoms with Crippen LogP contribution in [0.3, 0.4) is 0 Å². The van der Waals surface area contributed by atoms with E-state index in [4.69, 9.17) is 11.6 Å². The molecular weight excluding hydrogens is 470 g/mol. The van der Waals surface area contributed by atoms with Gasteiger partial charge in [-0.2, -0.15) is 13.2 Å². The van der Waals surface area contributed by atoms with Crippen LogP contribution in [0.2, 0.25) is 5.02 Å². The van der Waals surface area contributed by atoms with Crippen molar-refractivity contribution in [1.29, 1.82) is 0 Å². The second kappa shape index (κ2) is 10.0. The number of carbonyl (C=O) groups excluding carboxylic acids is 1. The number of nitrogens with one attached hydrogen (secondary N) is 1. The summed E-state index contributed by atoms with van der Waals surface area (Å²) in [5, 5.41) is 3.17. The fourth-order valence-corrected chi connectivity index (χ4v) is 3.67. The fourth-order valence-electron chi connectivity index (χ4n) is 3.56. The van der Waals surface area contributed by atoms with Crippen LogP contribution in [0.15, 0.2) is 66.9 Å². The lowest BCUT2D eigenvalue weighted by molar-refractivity contribution is -0.137. The van der Waals surface area contributed by atoms with Crippen LogP contribution in [0.1, 0.15) is 36.2 Å².